The molecule has 0 spiro atoms. The first-order valence-corrected chi connectivity index (χ1v) is 7.51. The molecular formula is C16H11BrClFO2. The molecule has 5 heteroatoms. The zero-order valence-corrected chi connectivity index (χ0v) is 13.2. The van der Waals surface area contributed by atoms with Gasteiger partial charge in [0.15, 0.2) is 0 Å². The summed E-state index contributed by atoms with van der Waals surface area (Å²) in [5.74, 6) is 0.00650. The summed E-state index contributed by atoms with van der Waals surface area (Å²) >= 11 is 9.25. The van der Waals surface area contributed by atoms with Crippen molar-refractivity contribution >= 4 is 38.5 Å². The summed E-state index contributed by atoms with van der Waals surface area (Å²) in [6, 6.07) is 11.7. The molecule has 0 bridgehead atoms. The maximum Gasteiger partial charge on any atom is 0.148 e. The summed E-state index contributed by atoms with van der Waals surface area (Å²) < 4.78 is 20.2. The van der Waals surface area contributed by atoms with E-state index in [1.807, 2.05) is 18.2 Å². The summed E-state index contributed by atoms with van der Waals surface area (Å²) in [6.45, 7) is 0. The predicted octanol–water partition coefficient (Wildman–Crippen LogP) is 5.26. The van der Waals surface area contributed by atoms with E-state index in [9.17, 15) is 9.50 Å². The van der Waals surface area contributed by atoms with Gasteiger partial charge in [0.25, 0.3) is 0 Å². The Kier molecular flexibility index (Phi) is 4.02. The van der Waals surface area contributed by atoms with Crippen LogP contribution in [0.4, 0.5) is 4.39 Å². The lowest BCUT2D eigenvalue weighted by Gasteiger charge is -2.09. The average Bonchev–Trinajstić information content (AvgIpc) is 2.88. The van der Waals surface area contributed by atoms with Gasteiger partial charge in [0.1, 0.15) is 23.3 Å². The summed E-state index contributed by atoms with van der Waals surface area (Å²) in [7, 11) is 0. The maximum absolute atomic E-state index is 13.7. The van der Waals surface area contributed by atoms with Gasteiger partial charge in [-0.15, -0.1) is 0 Å². The summed E-state index contributed by atoms with van der Waals surface area (Å²) in [5.41, 5.74) is 1.02. The van der Waals surface area contributed by atoms with Gasteiger partial charge in [-0.1, -0.05) is 23.7 Å². The predicted molar refractivity (Wildman–Crippen MR) is 84.0 cm³/mol. The number of rotatable bonds is 3. The highest BCUT2D eigenvalue weighted by Gasteiger charge is 2.17. The van der Waals surface area contributed by atoms with Crippen molar-refractivity contribution in [3.63, 3.8) is 0 Å². The van der Waals surface area contributed by atoms with E-state index in [1.165, 1.54) is 18.2 Å². The number of aliphatic hydroxyl groups excluding tert-OH is 1. The normalized spacial score (nSPS) is 12.8. The van der Waals surface area contributed by atoms with Crippen LogP contribution in [0.2, 0.25) is 5.02 Å². The Labute approximate surface area is 134 Å². The Morgan fingerprint density at radius 1 is 1.24 bits per heavy atom. The van der Waals surface area contributed by atoms with Crippen LogP contribution in [0, 0.1) is 5.82 Å². The van der Waals surface area contributed by atoms with E-state index >= 15 is 0 Å². The molecule has 0 aliphatic carbocycles. The molecular weight excluding hydrogens is 359 g/mol. The first-order chi connectivity index (χ1) is 10.0. The van der Waals surface area contributed by atoms with Gasteiger partial charge in [0, 0.05) is 16.8 Å². The molecule has 0 aliphatic rings. The number of para-hydroxylation sites is 1. The highest BCUT2D eigenvalue weighted by atomic mass is 79.9. The molecule has 1 unspecified atom stereocenters. The molecule has 21 heavy (non-hydrogen) atoms. The lowest BCUT2D eigenvalue weighted by atomic mass is 10.1. The zero-order chi connectivity index (χ0) is 15.0. The molecule has 0 amide bonds. The number of fused-ring (bicyclic) bond motifs is 1. The van der Waals surface area contributed by atoms with Gasteiger partial charge in [-0.3, -0.25) is 0 Å². The third-order valence-corrected chi connectivity index (χ3v) is 4.12. The Bertz CT molecular complexity index is 800. The van der Waals surface area contributed by atoms with Crippen molar-refractivity contribution in [2.24, 2.45) is 0 Å². The van der Waals surface area contributed by atoms with Crippen molar-refractivity contribution in [3.05, 3.63) is 69.1 Å². The van der Waals surface area contributed by atoms with Crippen LogP contribution >= 0.6 is 27.5 Å². The molecule has 108 valence electrons. The molecule has 0 fully saturated rings. The van der Waals surface area contributed by atoms with Crippen molar-refractivity contribution in [1.82, 2.24) is 0 Å². The number of aliphatic hydroxyl groups is 1. The van der Waals surface area contributed by atoms with Gasteiger partial charge in [0.05, 0.1) is 4.47 Å². The zero-order valence-electron chi connectivity index (χ0n) is 10.8. The summed E-state index contributed by atoms with van der Waals surface area (Å²) in [6.07, 6.45) is -0.832. The Morgan fingerprint density at radius 2 is 2.05 bits per heavy atom. The minimum absolute atomic E-state index is 0.101. The second-order valence-corrected chi connectivity index (χ2v) is 6.05. The van der Waals surface area contributed by atoms with Crippen molar-refractivity contribution < 1.29 is 13.9 Å². The van der Waals surface area contributed by atoms with Gasteiger partial charge in [-0.05, 0) is 51.8 Å². The molecule has 2 aromatic carbocycles. The van der Waals surface area contributed by atoms with Crippen LogP contribution in [-0.2, 0) is 6.42 Å². The number of halogens is 3. The van der Waals surface area contributed by atoms with E-state index in [0.717, 1.165) is 9.86 Å². The number of hydrogen-bond acceptors (Lipinski definition) is 2. The average molecular weight is 370 g/mol. The van der Waals surface area contributed by atoms with E-state index in [0.29, 0.717) is 21.9 Å². The standard InChI is InChI=1S/C16H11BrClFO2/c17-12-3-1-2-9-8-15(21-16(9)12)14(20)7-10-6-11(18)4-5-13(10)19/h1-6,8,14,20H,7H2. The van der Waals surface area contributed by atoms with Crippen LogP contribution < -0.4 is 0 Å². The fourth-order valence-corrected chi connectivity index (χ4v) is 2.88. The molecule has 1 heterocycles. The minimum atomic E-state index is -0.933. The third-order valence-electron chi connectivity index (χ3n) is 3.26. The topological polar surface area (TPSA) is 33.4 Å². The van der Waals surface area contributed by atoms with Crippen LogP contribution in [0.5, 0.6) is 0 Å². The lowest BCUT2D eigenvalue weighted by Crippen LogP contribution is -2.02. The van der Waals surface area contributed by atoms with E-state index in [4.69, 9.17) is 16.0 Å². The van der Waals surface area contributed by atoms with Crippen LogP contribution in [-0.4, -0.2) is 5.11 Å². The van der Waals surface area contributed by atoms with Gasteiger partial charge in [-0.2, -0.15) is 0 Å². The van der Waals surface area contributed by atoms with Crippen LogP contribution in [0.3, 0.4) is 0 Å². The van der Waals surface area contributed by atoms with E-state index < -0.39 is 11.9 Å². The van der Waals surface area contributed by atoms with Crippen LogP contribution in [0.1, 0.15) is 17.4 Å². The highest BCUT2D eigenvalue weighted by Crippen LogP contribution is 2.31. The molecule has 1 N–H and O–H groups in total. The SMILES string of the molecule is OC(Cc1cc(Cl)ccc1F)c1cc2cccc(Br)c2o1. The molecule has 0 aliphatic heterocycles. The van der Waals surface area contributed by atoms with Crippen molar-refractivity contribution in [3.8, 4) is 0 Å². The first kappa shape index (κ1) is 14.6. The van der Waals surface area contributed by atoms with E-state index in [1.54, 1.807) is 6.07 Å². The third kappa shape index (κ3) is 2.98. The molecule has 0 saturated carbocycles. The molecule has 3 rings (SSSR count). The van der Waals surface area contributed by atoms with Crippen LogP contribution in [0.15, 0.2) is 51.4 Å². The van der Waals surface area contributed by atoms with Gasteiger partial charge < -0.3 is 9.52 Å². The van der Waals surface area contributed by atoms with Gasteiger partial charge in [0.2, 0.25) is 0 Å². The van der Waals surface area contributed by atoms with Crippen molar-refractivity contribution in [1.29, 1.82) is 0 Å². The summed E-state index contributed by atoms with van der Waals surface area (Å²) in [5, 5.41) is 11.6. The summed E-state index contributed by atoms with van der Waals surface area (Å²) in [4.78, 5) is 0. The lowest BCUT2D eigenvalue weighted by molar-refractivity contribution is 0.151. The molecule has 1 atom stereocenters. The maximum atomic E-state index is 13.7. The molecule has 0 radical (unpaired) electrons. The van der Waals surface area contributed by atoms with Gasteiger partial charge >= 0.3 is 0 Å². The Morgan fingerprint density at radius 3 is 2.81 bits per heavy atom. The monoisotopic (exact) mass is 368 g/mol. The molecule has 3 aromatic rings. The van der Waals surface area contributed by atoms with Crippen molar-refractivity contribution in [2.75, 3.05) is 0 Å². The second-order valence-electron chi connectivity index (χ2n) is 4.76. The Hall–Kier alpha value is -1.36. The molecule has 0 saturated heterocycles. The second kappa shape index (κ2) is 5.79. The van der Waals surface area contributed by atoms with E-state index in [2.05, 4.69) is 15.9 Å². The van der Waals surface area contributed by atoms with Crippen LogP contribution in [0.25, 0.3) is 11.0 Å². The fourth-order valence-electron chi connectivity index (χ4n) is 2.22. The number of benzene rings is 2. The van der Waals surface area contributed by atoms with Crippen molar-refractivity contribution in [2.45, 2.75) is 12.5 Å². The largest absolute Gasteiger partial charge is 0.457 e. The highest BCUT2D eigenvalue weighted by molar-refractivity contribution is 9.10. The van der Waals surface area contributed by atoms with Gasteiger partial charge in [-0.25, -0.2) is 4.39 Å². The fraction of sp³-hybridized carbons (Fsp3) is 0.125. The smallest absolute Gasteiger partial charge is 0.148 e. The first-order valence-electron chi connectivity index (χ1n) is 6.34. The quantitative estimate of drug-likeness (QED) is 0.683. The molecule has 2 nitrogen and oxygen atoms in total. The number of hydrogen-bond donors (Lipinski definition) is 1. The Balaban J connectivity index is 1.91. The molecule has 1 aromatic heterocycles. The number of furan rings is 1. The van der Waals surface area contributed by atoms with E-state index in [-0.39, 0.29) is 6.42 Å². The minimum Gasteiger partial charge on any atom is -0.457 e.